The van der Waals surface area contributed by atoms with Crippen LogP contribution in [0.15, 0.2) is 49.2 Å². The van der Waals surface area contributed by atoms with Crippen LogP contribution in [0.3, 0.4) is 0 Å². The van der Waals surface area contributed by atoms with Crippen molar-refractivity contribution in [3.8, 4) is 5.88 Å². The Balaban J connectivity index is 1.88. The number of esters is 1. The van der Waals surface area contributed by atoms with E-state index in [-0.39, 0.29) is 37.2 Å². The van der Waals surface area contributed by atoms with Crippen molar-refractivity contribution in [3.05, 3.63) is 71.4 Å². The van der Waals surface area contributed by atoms with Crippen LogP contribution in [0.25, 0.3) is 0 Å². The van der Waals surface area contributed by atoms with Crippen LogP contribution < -0.4 is 4.74 Å². The van der Waals surface area contributed by atoms with Gasteiger partial charge in [0.05, 0.1) is 38.0 Å². The number of alkyl halides is 3. The summed E-state index contributed by atoms with van der Waals surface area (Å²) in [5.74, 6) is -0.982. The summed E-state index contributed by atoms with van der Waals surface area (Å²) in [6, 6.07) is 6.72. The van der Waals surface area contributed by atoms with Gasteiger partial charge in [-0.1, -0.05) is 57.7 Å². The molecule has 1 amide bonds. The fourth-order valence-corrected chi connectivity index (χ4v) is 5.96. The standard InChI is InChI=1S/C32H39F3N2O6/c1-7-15-42-30(39)37-25(23-12-10-9-11-22(23)19-13-14-19)27(24(31(3,4)5)26(37)29(38)41-8-2)43-18-20-16-21(32(33,34)35)17-36-28(20)40-6/h7,9-12,16-17,19,24-27H,1,8,13-15,18H2,2-6H3/t24-,25+,26+,27+/m1/s1. The highest BCUT2D eigenvalue weighted by Gasteiger charge is 2.60. The van der Waals surface area contributed by atoms with Crippen LogP contribution in [0, 0.1) is 11.3 Å². The van der Waals surface area contributed by atoms with Gasteiger partial charge in [0.2, 0.25) is 5.88 Å². The average molecular weight is 605 g/mol. The molecule has 1 aliphatic heterocycles. The minimum atomic E-state index is -4.62. The third-order valence-electron chi connectivity index (χ3n) is 7.88. The molecule has 4 rings (SSSR count). The lowest BCUT2D eigenvalue weighted by Gasteiger charge is -2.35. The Morgan fingerprint density at radius 1 is 1.12 bits per heavy atom. The van der Waals surface area contributed by atoms with E-state index in [4.69, 9.17) is 18.9 Å². The zero-order valence-electron chi connectivity index (χ0n) is 25.1. The lowest BCUT2D eigenvalue weighted by atomic mass is 9.73. The van der Waals surface area contributed by atoms with Crippen molar-refractivity contribution in [1.82, 2.24) is 9.88 Å². The fourth-order valence-electron chi connectivity index (χ4n) is 5.96. The van der Waals surface area contributed by atoms with E-state index in [9.17, 15) is 22.8 Å². The number of rotatable bonds is 10. The molecular weight excluding hydrogens is 565 g/mol. The molecule has 43 heavy (non-hydrogen) atoms. The molecule has 0 unspecified atom stereocenters. The van der Waals surface area contributed by atoms with Crippen molar-refractivity contribution in [2.45, 2.75) is 77.4 Å². The number of likely N-dealkylation sites (tertiary alicyclic amines) is 1. The number of nitrogens with zero attached hydrogens (tertiary/aromatic N) is 2. The maximum absolute atomic E-state index is 13.8. The van der Waals surface area contributed by atoms with Crippen molar-refractivity contribution in [2.75, 3.05) is 20.3 Å². The molecule has 1 aliphatic carbocycles. The molecule has 4 atom stereocenters. The first-order valence-corrected chi connectivity index (χ1v) is 14.4. The van der Waals surface area contributed by atoms with Gasteiger partial charge < -0.3 is 18.9 Å². The van der Waals surface area contributed by atoms with Gasteiger partial charge in [0.15, 0.2) is 0 Å². The second kappa shape index (κ2) is 13.0. The third kappa shape index (κ3) is 6.98. The third-order valence-corrected chi connectivity index (χ3v) is 7.88. The molecule has 1 saturated heterocycles. The first-order chi connectivity index (χ1) is 20.3. The molecule has 234 valence electrons. The molecule has 11 heteroatoms. The summed E-state index contributed by atoms with van der Waals surface area (Å²) in [5, 5.41) is 0. The number of methoxy groups -OCH3 is 1. The number of pyridine rings is 1. The van der Waals surface area contributed by atoms with Crippen molar-refractivity contribution in [3.63, 3.8) is 0 Å². The van der Waals surface area contributed by atoms with E-state index in [1.165, 1.54) is 18.1 Å². The molecule has 2 aromatic rings. The van der Waals surface area contributed by atoms with Crippen molar-refractivity contribution in [2.24, 2.45) is 11.3 Å². The normalized spacial score (nSPS) is 22.3. The highest BCUT2D eigenvalue weighted by molar-refractivity contribution is 5.83. The molecule has 2 aliphatic rings. The molecule has 8 nitrogen and oxygen atoms in total. The van der Waals surface area contributed by atoms with E-state index in [2.05, 4.69) is 11.6 Å². The highest BCUT2D eigenvalue weighted by Crippen LogP contribution is 2.53. The molecule has 0 radical (unpaired) electrons. The van der Waals surface area contributed by atoms with Gasteiger partial charge >= 0.3 is 18.2 Å². The van der Waals surface area contributed by atoms with Gasteiger partial charge in [-0.15, -0.1) is 0 Å². The summed E-state index contributed by atoms with van der Waals surface area (Å²) in [6.45, 7) is 10.8. The first kappa shape index (κ1) is 32.3. The Morgan fingerprint density at radius 2 is 1.79 bits per heavy atom. The number of amides is 1. The Morgan fingerprint density at radius 3 is 2.35 bits per heavy atom. The Labute approximate surface area is 250 Å². The van der Waals surface area contributed by atoms with E-state index < -0.39 is 53.3 Å². The van der Waals surface area contributed by atoms with Crippen LogP contribution in [0.5, 0.6) is 5.88 Å². The number of carbonyl (C=O) groups is 2. The Bertz CT molecular complexity index is 1320. The van der Waals surface area contributed by atoms with Gasteiger partial charge in [-0.2, -0.15) is 13.2 Å². The number of aromatic nitrogens is 1. The Kier molecular flexibility index (Phi) is 9.73. The lowest BCUT2D eigenvalue weighted by Crippen LogP contribution is -2.48. The zero-order chi connectivity index (χ0) is 31.5. The van der Waals surface area contributed by atoms with E-state index in [1.807, 2.05) is 45.0 Å². The van der Waals surface area contributed by atoms with Gasteiger partial charge in [0, 0.05) is 17.7 Å². The van der Waals surface area contributed by atoms with Crippen LogP contribution in [-0.4, -0.2) is 54.4 Å². The number of hydrogen-bond donors (Lipinski definition) is 0. The van der Waals surface area contributed by atoms with Crippen molar-refractivity contribution >= 4 is 12.1 Å². The largest absolute Gasteiger partial charge is 0.481 e. The van der Waals surface area contributed by atoms with Crippen molar-refractivity contribution < 1.29 is 41.7 Å². The van der Waals surface area contributed by atoms with Gasteiger partial charge in [0.1, 0.15) is 12.6 Å². The summed E-state index contributed by atoms with van der Waals surface area (Å²) in [5.41, 5.74) is 0.331. The fraction of sp³-hybridized carbons (Fsp3) is 0.531. The highest BCUT2D eigenvalue weighted by atomic mass is 19.4. The monoisotopic (exact) mass is 604 g/mol. The number of halogens is 3. The number of carbonyl (C=O) groups excluding carboxylic acids is 2. The quantitative estimate of drug-likeness (QED) is 0.217. The summed E-state index contributed by atoms with van der Waals surface area (Å²) in [4.78, 5) is 32.7. The summed E-state index contributed by atoms with van der Waals surface area (Å²) in [6.07, 6.45) is -2.11. The second-order valence-corrected chi connectivity index (χ2v) is 11.9. The number of benzene rings is 1. The summed E-state index contributed by atoms with van der Waals surface area (Å²) >= 11 is 0. The van der Waals surface area contributed by atoms with Gasteiger partial charge in [0.25, 0.3) is 0 Å². The van der Waals surface area contributed by atoms with Crippen LogP contribution in [0.1, 0.15) is 74.8 Å². The molecule has 2 fully saturated rings. The number of hydrogen-bond acceptors (Lipinski definition) is 7. The minimum absolute atomic E-state index is 0.0163. The molecule has 0 bridgehead atoms. The van der Waals surface area contributed by atoms with Crippen LogP contribution in [0.4, 0.5) is 18.0 Å². The molecule has 1 aromatic heterocycles. The van der Waals surface area contributed by atoms with Crippen LogP contribution in [0.2, 0.25) is 0 Å². The first-order valence-electron chi connectivity index (χ1n) is 14.4. The zero-order valence-corrected chi connectivity index (χ0v) is 25.1. The average Bonchev–Trinajstić information content (AvgIpc) is 3.74. The van der Waals surface area contributed by atoms with E-state index in [0.717, 1.165) is 30.0 Å². The summed E-state index contributed by atoms with van der Waals surface area (Å²) < 4.78 is 63.6. The summed E-state index contributed by atoms with van der Waals surface area (Å²) in [7, 11) is 1.31. The predicted octanol–water partition coefficient (Wildman–Crippen LogP) is 6.85. The molecule has 1 aromatic carbocycles. The SMILES string of the molecule is C=CCOC(=O)N1[C@H](C(=O)OCC)[C@@H](C(C)(C)C)[C@H](OCc2cc(C(F)(F)F)cnc2OC)[C@@H]1c1ccccc1C1CC1. The van der Waals surface area contributed by atoms with Gasteiger partial charge in [-0.3, -0.25) is 4.90 Å². The van der Waals surface area contributed by atoms with Gasteiger partial charge in [-0.05, 0) is 48.3 Å². The molecular formula is C32H39F3N2O6. The van der Waals surface area contributed by atoms with Crippen molar-refractivity contribution in [1.29, 1.82) is 0 Å². The van der Waals surface area contributed by atoms with E-state index >= 15 is 0 Å². The maximum Gasteiger partial charge on any atom is 0.417 e. The predicted molar refractivity (Wildman–Crippen MR) is 152 cm³/mol. The maximum atomic E-state index is 13.8. The van der Waals surface area contributed by atoms with E-state index in [1.54, 1.807) is 6.92 Å². The molecule has 2 heterocycles. The van der Waals surface area contributed by atoms with Crippen LogP contribution >= 0.6 is 0 Å². The topological polar surface area (TPSA) is 87.2 Å². The van der Waals surface area contributed by atoms with Crippen LogP contribution in [-0.2, 0) is 31.8 Å². The molecule has 0 spiro atoms. The second-order valence-electron chi connectivity index (χ2n) is 11.9. The smallest absolute Gasteiger partial charge is 0.417 e. The minimum Gasteiger partial charge on any atom is -0.481 e. The number of ether oxygens (including phenoxy) is 4. The van der Waals surface area contributed by atoms with Gasteiger partial charge in [-0.25, -0.2) is 14.6 Å². The lowest BCUT2D eigenvalue weighted by molar-refractivity contribution is -0.151. The molecule has 1 saturated carbocycles. The Hall–Kier alpha value is -3.60. The molecule has 0 N–H and O–H groups in total. The van der Waals surface area contributed by atoms with E-state index in [0.29, 0.717) is 6.20 Å².